The molecular formula is C18H13Cl2F3N2O3. The summed E-state index contributed by atoms with van der Waals surface area (Å²) in [7, 11) is 0. The summed E-state index contributed by atoms with van der Waals surface area (Å²) in [5, 5.41) is 19.8. The zero-order valence-corrected chi connectivity index (χ0v) is 16.0. The Kier molecular flexibility index (Phi) is 5.07. The first kappa shape index (κ1) is 20.4. The molecule has 5 nitrogen and oxygen atoms in total. The first-order chi connectivity index (χ1) is 12.9. The third-order valence-corrected chi connectivity index (χ3v) is 5.11. The van der Waals surface area contributed by atoms with Crippen LogP contribution in [-0.4, -0.2) is 25.7 Å². The van der Waals surface area contributed by atoms with Gasteiger partial charge in [0.25, 0.3) is 0 Å². The minimum absolute atomic E-state index is 0.153. The van der Waals surface area contributed by atoms with Crippen LogP contribution < -0.4 is 0 Å². The van der Waals surface area contributed by atoms with Gasteiger partial charge in [0.2, 0.25) is 0 Å². The largest absolute Gasteiger partial charge is 0.478 e. The van der Waals surface area contributed by atoms with E-state index in [1.807, 2.05) is 0 Å². The van der Waals surface area contributed by atoms with E-state index in [1.54, 1.807) is 6.92 Å². The summed E-state index contributed by atoms with van der Waals surface area (Å²) < 4.78 is 40.7. The SMILES string of the molecule is Cc1cn(C(O)c2c(Cl)ncc(C(=O)O)c2Cl)c2c(C)cc(C(F)(F)F)cc12. The van der Waals surface area contributed by atoms with Gasteiger partial charge in [-0.25, -0.2) is 9.78 Å². The van der Waals surface area contributed by atoms with Crippen LogP contribution in [-0.2, 0) is 6.18 Å². The van der Waals surface area contributed by atoms with Crippen LogP contribution in [0.5, 0.6) is 0 Å². The average molecular weight is 433 g/mol. The molecule has 0 saturated heterocycles. The summed E-state index contributed by atoms with van der Waals surface area (Å²) in [5.74, 6) is -1.36. The van der Waals surface area contributed by atoms with E-state index in [9.17, 15) is 28.2 Å². The van der Waals surface area contributed by atoms with Gasteiger partial charge in [-0.2, -0.15) is 13.2 Å². The van der Waals surface area contributed by atoms with Gasteiger partial charge in [-0.3, -0.25) is 0 Å². The number of aryl methyl sites for hydroxylation is 2. The fourth-order valence-electron chi connectivity index (χ4n) is 3.11. The van der Waals surface area contributed by atoms with E-state index in [2.05, 4.69) is 4.98 Å². The number of hydrogen-bond acceptors (Lipinski definition) is 3. The van der Waals surface area contributed by atoms with E-state index in [1.165, 1.54) is 17.7 Å². The van der Waals surface area contributed by atoms with Crippen molar-refractivity contribution >= 4 is 40.1 Å². The van der Waals surface area contributed by atoms with Gasteiger partial charge >= 0.3 is 12.1 Å². The fourth-order valence-corrected chi connectivity index (χ4v) is 3.72. The number of aromatic carboxylic acids is 1. The lowest BCUT2D eigenvalue weighted by molar-refractivity contribution is -0.137. The normalized spacial score (nSPS) is 13.1. The molecule has 0 saturated carbocycles. The Morgan fingerprint density at radius 2 is 1.86 bits per heavy atom. The monoisotopic (exact) mass is 432 g/mol. The van der Waals surface area contributed by atoms with E-state index < -0.39 is 23.9 Å². The number of carboxylic acids is 1. The lowest BCUT2D eigenvalue weighted by atomic mass is 10.0. The number of nitrogens with zero attached hydrogens (tertiary/aromatic N) is 2. The van der Waals surface area contributed by atoms with E-state index in [0.717, 1.165) is 18.3 Å². The molecule has 0 aliphatic rings. The molecule has 0 aliphatic carbocycles. The number of rotatable bonds is 3. The summed E-state index contributed by atoms with van der Waals surface area (Å²) in [6.45, 7) is 3.08. The van der Waals surface area contributed by atoms with E-state index >= 15 is 0 Å². The highest BCUT2D eigenvalue weighted by molar-refractivity contribution is 6.37. The second kappa shape index (κ2) is 6.95. The Morgan fingerprint density at radius 3 is 2.43 bits per heavy atom. The molecule has 0 amide bonds. The van der Waals surface area contributed by atoms with Gasteiger partial charge in [0.1, 0.15) is 5.15 Å². The topological polar surface area (TPSA) is 75.3 Å². The summed E-state index contributed by atoms with van der Waals surface area (Å²) in [4.78, 5) is 15.0. The van der Waals surface area contributed by atoms with Crippen LogP contribution >= 0.6 is 23.2 Å². The molecule has 2 aromatic heterocycles. The third-order valence-electron chi connectivity index (χ3n) is 4.40. The highest BCUT2D eigenvalue weighted by atomic mass is 35.5. The second-order valence-electron chi connectivity index (χ2n) is 6.28. The smallest absolute Gasteiger partial charge is 0.416 e. The number of alkyl halides is 3. The Morgan fingerprint density at radius 1 is 1.21 bits per heavy atom. The standard InChI is InChI=1S/C18H13Cl2F3N2O3/c1-7-3-9(18(21,22)23)4-10-8(2)6-25(14(7)10)16(26)12-13(19)11(17(27)28)5-24-15(12)20/h3-6,16,26H,1-2H3,(H,27,28). The van der Waals surface area contributed by atoms with Crippen molar-refractivity contribution in [3.63, 3.8) is 0 Å². The summed E-state index contributed by atoms with van der Waals surface area (Å²) >= 11 is 12.1. The molecule has 0 fully saturated rings. The Balaban J connectivity index is 2.26. The molecule has 0 bridgehead atoms. The number of fused-ring (bicyclic) bond motifs is 1. The lowest BCUT2D eigenvalue weighted by Crippen LogP contribution is -2.13. The van der Waals surface area contributed by atoms with Gasteiger partial charge in [-0.05, 0) is 37.1 Å². The van der Waals surface area contributed by atoms with Crippen molar-refractivity contribution in [2.45, 2.75) is 26.3 Å². The van der Waals surface area contributed by atoms with Gasteiger partial charge < -0.3 is 14.8 Å². The summed E-state index contributed by atoms with van der Waals surface area (Å²) in [5.41, 5.74) is -0.225. The highest BCUT2D eigenvalue weighted by Gasteiger charge is 2.32. The van der Waals surface area contributed by atoms with Crippen LogP contribution in [0.2, 0.25) is 10.2 Å². The van der Waals surface area contributed by atoms with Crippen LogP contribution in [0, 0.1) is 13.8 Å². The summed E-state index contributed by atoms with van der Waals surface area (Å²) in [6, 6.07) is 1.97. The zero-order chi connectivity index (χ0) is 21.0. The molecule has 148 valence electrons. The molecule has 0 spiro atoms. The van der Waals surface area contributed by atoms with Crippen molar-refractivity contribution in [1.82, 2.24) is 9.55 Å². The number of pyridine rings is 1. The van der Waals surface area contributed by atoms with Gasteiger partial charge in [0.15, 0.2) is 6.23 Å². The van der Waals surface area contributed by atoms with E-state index in [-0.39, 0.29) is 26.9 Å². The molecule has 1 atom stereocenters. The van der Waals surface area contributed by atoms with Crippen molar-refractivity contribution in [3.8, 4) is 0 Å². The number of aliphatic hydroxyl groups is 1. The molecule has 1 aromatic carbocycles. The number of carboxylic acid groups (broad SMARTS) is 1. The van der Waals surface area contributed by atoms with Crippen LogP contribution in [0.3, 0.4) is 0 Å². The maximum atomic E-state index is 13.1. The second-order valence-corrected chi connectivity index (χ2v) is 7.01. The van der Waals surface area contributed by atoms with Gasteiger partial charge in [0.05, 0.1) is 27.2 Å². The van der Waals surface area contributed by atoms with E-state index in [4.69, 9.17) is 23.2 Å². The first-order valence-corrected chi connectivity index (χ1v) is 8.63. The van der Waals surface area contributed by atoms with E-state index in [0.29, 0.717) is 16.5 Å². The number of carbonyl (C=O) groups is 1. The maximum Gasteiger partial charge on any atom is 0.416 e. The summed E-state index contributed by atoms with van der Waals surface area (Å²) in [6.07, 6.45) is -3.66. The van der Waals surface area contributed by atoms with Crippen molar-refractivity contribution in [2.75, 3.05) is 0 Å². The van der Waals surface area contributed by atoms with Crippen LogP contribution in [0.1, 0.15) is 38.8 Å². The number of aromatic nitrogens is 2. The Hall–Kier alpha value is -2.29. The molecule has 0 radical (unpaired) electrons. The molecule has 28 heavy (non-hydrogen) atoms. The molecule has 10 heteroatoms. The quantitative estimate of drug-likeness (QED) is 0.556. The van der Waals surface area contributed by atoms with Crippen LogP contribution in [0.15, 0.2) is 24.5 Å². The van der Waals surface area contributed by atoms with Crippen LogP contribution in [0.25, 0.3) is 10.9 Å². The molecule has 2 heterocycles. The predicted molar refractivity (Wildman–Crippen MR) is 98.0 cm³/mol. The van der Waals surface area contributed by atoms with Crippen molar-refractivity contribution in [3.05, 3.63) is 62.5 Å². The number of benzene rings is 1. The van der Waals surface area contributed by atoms with Gasteiger partial charge in [-0.1, -0.05) is 23.2 Å². The lowest BCUT2D eigenvalue weighted by Gasteiger charge is -2.19. The Bertz CT molecular complexity index is 1110. The minimum atomic E-state index is -4.52. The minimum Gasteiger partial charge on any atom is -0.478 e. The van der Waals surface area contributed by atoms with Crippen molar-refractivity contribution in [2.24, 2.45) is 0 Å². The zero-order valence-electron chi connectivity index (χ0n) is 14.5. The maximum absolute atomic E-state index is 13.1. The fraction of sp³-hybridized carbons (Fsp3) is 0.222. The van der Waals surface area contributed by atoms with Crippen LogP contribution in [0.4, 0.5) is 13.2 Å². The molecular weight excluding hydrogens is 420 g/mol. The Labute approximate surface area is 166 Å². The molecule has 3 rings (SSSR count). The molecule has 2 N–H and O–H groups in total. The molecule has 3 aromatic rings. The molecule has 1 unspecified atom stereocenters. The average Bonchev–Trinajstić information content (AvgIpc) is 2.91. The number of hydrogen-bond donors (Lipinski definition) is 2. The third kappa shape index (κ3) is 3.32. The predicted octanol–water partition coefficient (Wildman–Crippen LogP) is 5.22. The van der Waals surface area contributed by atoms with Gasteiger partial charge in [0, 0.05) is 17.8 Å². The number of halogens is 5. The number of aliphatic hydroxyl groups excluding tert-OH is 1. The van der Waals surface area contributed by atoms with Crippen molar-refractivity contribution in [1.29, 1.82) is 0 Å². The first-order valence-electron chi connectivity index (χ1n) is 7.87. The highest BCUT2D eigenvalue weighted by Crippen LogP contribution is 2.38. The van der Waals surface area contributed by atoms with Crippen molar-refractivity contribution < 1.29 is 28.2 Å². The van der Waals surface area contributed by atoms with Gasteiger partial charge in [-0.15, -0.1) is 0 Å². The molecule has 0 aliphatic heterocycles.